The van der Waals surface area contributed by atoms with Crippen LogP contribution < -0.4 is 11.1 Å². The topological polar surface area (TPSA) is 55.1 Å². The first-order valence-electron chi connectivity index (χ1n) is 5.00. The molecule has 1 aliphatic rings. The second kappa shape index (κ2) is 4.33. The number of hydrogen-bond donors (Lipinski definition) is 2. The Morgan fingerprint density at radius 3 is 3.07 bits per heavy atom. The van der Waals surface area contributed by atoms with E-state index in [0.717, 1.165) is 28.4 Å². The smallest absolute Gasteiger partial charge is 0.251 e. The number of carbonyl (C=O) groups is 1. The molecular weight excluding hydrogens is 256 g/mol. The van der Waals surface area contributed by atoms with Crippen molar-refractivity contribution in [3.8, 4) is 0 Å². The molecule has 0 fully saturated rings. The fourth-order valence-corrected chi connectivity index (χ4v) is 2.25. The lowest BCUT2D eigenvalue weighted by atomic mass is 9.94. The van der Waals surface area contributed by atoms with Crippen molar-refractivity contribution in [3.63, 3.8) is 0 Å². The monoisotopic (exact) mass is 268 g/mol. The van der Waals surface area contributed by atoms with Crippen LogP contribution in [0.2, 0.25) is 0 Å². The highest BCUT2D eigenvalue weighted by Gasteiger charge is 2.23. The number of benzene rings is 1. The van der Waals surface area contributed by atoms with Crippen molar-refractivity contribution < 1.29 is 4.79 Å². The molecule has 15 heavy (non-hydrogen) atoms. The van der Waals surface area contributed by atoms with E-state index in [-0.39, 0.29) is 11.9 Å². The molecule has 0 aromatic heterocycles. The van der Waals surface area contributed by atoms with Crippen molar-refractivity contribution in [2.75, 3.05) is 6.54 Å². The van der Waals surface area contributed by atoms with E-state index in [1.165, 1.54) is 0 Å². The summed E-state index contributed by atoms with van der Waals surface area (Å²) in [6.45, 7) is 0.608. The van der Waals surface area contributed by atoms with Gasteiger partial charge in [-0.2, -0.15) is 0 Å². The predicted molar refractivity (Wildman–Crippen MR) is 62.8 cm³/mol. The quantitative estimate of drug-likeness (QED) is 0.853. The normalized spacial score (nSPS) is 19.6. The Balaban J connectivity index is 2.28. The standard InChI is InChI=1S/C11H13BrN2O/c12-8-2-1-7-5-9(3-4-13)14-11(15)10(7)6-8/h1-2,6,9H,3-5,13H2,(H,14,15). The molecule has 1 unspecified atom stereocenters. The molecule has 0 spiro atoms. The lowest BCUT2D eigenvalue weighted by Gasteiger charge is -2.25. The zero-order valence-corrected chi connectivity index (χ0v) is 9.88. The summed E-state index contributed by atoms with van der Waals surface area (Å²) >= 11 is 3.36. The fraction of sp³-hybridized carbons (Fsp3) is 0.364. The summed E-state index contributed by atoms with van der Waals surface area (Å²) in [6, 6.07) is 6.03. The summed E-state index contributed by atoms with van der Waals surface area (Å²) in [4.78, 5) is 11.8. The van der Waals surface area contributed by atoms with Gasteiger partial charge in [0.2, 0.25) is 0 Å². The van der Waals surface area contributed by atoms with Crippen LogP contribution in [-0.2, 0) is 6.42 Å². The number of hydrogen-bond acceptors (Lipinski definition) is 2. The maximum absolute atomic E-state index is 11.8. The second-order valence-corrected chi connectivity index (χ2v) is 4.67. The molecule has 0 radical (unpaired) electrons. The molecule has 80 valence electrons. The van der Waals surface area contributed by atoms with E-state index in [9.17, 15) is 4.79 Å². The lowest BCUT2D eigenvalue weighted by molar-refractivity contribution is 0.0923. The van der Waals surface area contributed by atoms with E-state index in [4.69, 9.17) is 5.73 Å². The van der Waals surface area contributed by atoms with Crippen LogP contribution in [0.5, 0.6) is 0 Å². The summed E-state index contributed by atoms with van der Waals surface area (Å²) in [5.74, 6) is 0.0102. The van der Waals surface area contributed by atoms with Gasteiger partial charge >= 0.3 is 0 Å². The highest BCUT2D eigenvalue weighted by molar-refractivity contribution is 9.10. The maximum atomic E-state index is 11.8. The van der Waals surface area contributed by atoms with E-state index in [0.29, 0.717) is 6.54 Å². The SMILES string of the molecule is NCCC1Cc2ccc(Br)cc2C(=O)N1. The van der Waals surface area contributed by atoms with Gasteiger partial charge in [-0.3, -0.25) is 4.79 Å². The molecule has 0 saturated carbocycles. The minimum absolute atomic E-state index is 0.0102. The van der Waals surface area contributed by atoms with Gasteiger partial charge in [0.05, 0.1) is 0 Å². The molecule has 1 aromatic carbocycles. The van der Waals surface area contributed by atoms with Gasteiger partial charge in [-0.05, 0) is 37.1 Å². The summed E-state index contributed by atoms with van der Waals surface area (Å²) < 4.78 is 0.939. The van der Waals surface area contributed by atoms with Crippen LogP contribution in [0.3, 0.4) is 0 Å². The van der Waals surface area contributed by atoms with Gasteiger partial charge in [0.15, 0.2) is 0 Å². The van der Waals surface area contributed by atoms with Crippen molar-refractivity contribution in [3.05, 3.63) is 33.8 Å². The summed E-state index contributed by atoms with van der Waals surface area (Å²) in [5, 5.41) is 2.96. The third-order valence-electron chi connectivity index (χ3n) is 2.63. The third kappa shape index (κ3) is 2.21. The van der Waals surface area contributed by atoms with Crippen LogP contribution in [0.25, 0.3) is 0 Å². The van der Waals surface area contributed by atoms with E-state index >= 15 is 0 Å². The number of nitrogens with two attached hydrogens (primary N) is 1. The first kappa shape index (κ1) is 10.6. The van der Waals surface area contributed by atoms with Crippen LogP contribution in [-0.4, -0.2) is 18.5 Å². The van der Waals surface area contributed by atoms with Crippen LogP contribution in [0.1, 0.15) is 22.3 Å². The van der Waals surface area contributed by atoms with Gasteiger partial charge < -0.3 is 11.1 Å². The average Bonchev–Trinajstić information content (AvgIpc) is 2.20. The number of fused-ring (bicyclic) bond motifs is 1. The molecule has 0 saturated heterocycles. The summed E-state index contributed by atoms with van der Waals surface area (Å²) in [5.41, 5.74) is 7.38. The highest BCUT2D eigenvalue weighted by atomic mass is 79.9. The Labute approximate surface area is 97.2 Å². The Bertz CT molecular complexity index is 392. The molecule has 1 amide bonds. The molecule has 3 N–H and O–H groups in total. The van der Waals surface area contributed by atoms with E-state index in [2.05, 4.69) is 21.2 Å². The molecular formula is C11H13BrN2O. The van der Waals surface area contributed by atoms with Gasteiger partial charge in [0, 0.05) is 16.1 Å². The number of carbonyl (C=O) groups excluding carboxylic acids is 1. The molecule has 0 bridgehead atoms. The average molecular weight is 269 g/mol. The Hall–Kier alpha value is -0.870. The maximum Gasteiger partial charge on any atom is 0.251 e. The van der Waals surface area contributed by atoms with Crippen molar-refractivity contribution in [2.45, 2.75) is 18.9 Å². The number of nitrogens with one attached hydrogen (secondary N) is 1. The molecule has 1 atom stereocenters. The number of amides is 1. The lowest BCUT2D eigenvalue weighted by Crippen LogP contribution is -2.42. The van der Waals surface area contributed by atoms with Crippen LogP contribution in [0.4, 0.5) is 0 Å². The van der Waals surface area contributed by atoms with Crippen LogP contribution in [0.15, 0.2) is 22.7 Å². The van der Waals surface area contributed by atoms with Gasteiger partial charge in [0.25, 0.3) is 5.91 Å². The molecule has 1 aliphatic heterocycles. The van der Waals surface area contributed by atoms with Crippen LogP contribution >= 0.6 is 15.9 Å². The van der Waals surface area contributed by atoms with Crippen molar-refractivity contribution >= 4 is 21.8 Å². The van der Waals surface area contributed by atoms with Gasteiger partial charge in [0.1, 0.15) is 0 Å². The van der Waals surface area contributed by atoms with E-state index < -0.39 is 0 Å². The summed E-state index contributed by atoms with van der Waals surface area (Å²) in [7, 11) is 0. The number of rotatable bonds is 2. The highest BCUT2D eigenvalue weighted by Crippen LogP contribution is 2.22. The Kier molecular flexibility index (Phi) is 3.07. The molecule has 3 nitrogen and oxygen atoms in total. The first-order valence-corrected chi connectivity index (χ1v) is 5.79. The van der Waals surface area contributed by atoms with E-state index in [1.807, 2.05) is 18.2 Å². The second-order valence-electron chi connectivity index (χ2n) is 3.75. The molecule has 2 rings (SSSR count). The van der Waals surface area contributed by atoms with Crippen molar-refractivity contribution in [2.24, 2.45) is 5.73 Å². The van der Waals surface area contributed by atoms with Crippen molar-refractivity contribution in [1.29, 1.82) is 0 Å². The minimum Gasteiger partial charge on any atom is -0.349 e. The molecule has 4 heteroatoms. The Morgan fingerprint density at radius 2 is 2.33 bits per heavy atom. The zero-order valence-electron chi connectivity index (χ0n) is 8.29. The molecule has 0 aliphatic carbocycles. The van der Waals surface area contributed by atoms with Crippen LogP contribution in [0, 0.1) is 0 Å². The first-order chi connectivity index (χ1) is 7.20. The van der Waals surface area contributed by atoms with Gasteiger partial charge in [-0.15, -0.1) is 0 Å². The third-order valence-corrected chi connectivity index (χ3v) is 3.13. The predicted octanol–water partition coefficient (Wildman–Crippen LogP) is 1.45. The summed E-state index contributed by atoms with van der Waals surface area (Å²) in [6.07, 6.45) is 1.72. The minimum atomic E-state index is 0.0102. The van der Waals surface area contributed by atoms with Crippen molar-refractivity contribution in [1.82, 2.24) is 5.32 Å². The number of halogens is 1. The molecule has 1 heterocycles. The van der Waals surface area contributed by atoms with Gasteiger partial charge in [-0.25, -0.2) is 0 Å². The largest absolute Gasteiger partial charge is 0.349 e. The Morgan fingerprint density at radius 1 is 1.53 bits per heavy atom. The zero-order chi connectivity index (χ0) is 10.8. The van der Waals surface area contributed by atoms with Gasteiger partial charge in [-0.1, -0.05) is 22.0 Å². The fourth-order valence-electron chi connectivity index (χ4n) is 1.89. The molecule has 1 aromatic rings. The van der Waals surface area contributed by atoms with E-state index in [1.54, 1.807) is 0 Å².